The van der Waals surface area contributed by atoms with E-state index in [1.54, 1.807) is 0 Å². The molecule has 47 heavy (non-hydrogen) atoms. The number of allylic oxidation sites excluding steroid dienone is 3. The minimum absolute atomic E-state index is 0.0893. The molecule has 2 rings (SSSR count). The summed E-state index contributed by atoms with van der Waals surface area (Å²) in [6, 6.07) is 1.42. The first-order valence-electron chi connectivity index (χ1n) is 16.7. The highest BCUT2D eigenvalue weighted by Gasteiger charge is 2.41. The summed E-state index contributed by atoms with van der Waals surface area (Å²) in [5.74, 6) is -2.32. The van der Waals surface area contributed by atoms with E-state index in [-0.39, 0.29) is 23.3 Å². The highest BCUT2D eigenvalue weighted by Crippen LogP contribution is 2.49. The van der Waals surface area contributed by atoms with Gasteiger partial charge in [-0.25, -0.2) is 9.59 Å². The second-order valence-electron chi connectivity index (χ2n) is 14.4. The molecule has 1 aliphatic carbocycles. The number of benzene rings is 1. The normalized spacial score (nSPS) is 17.9. The number of carboxylic acids is 2. The molecule has 11 heteroatoms. The summed E-state index contributed by atoms with van der Waals surface area (Å²) in [6.45, 7) is 22.9. The van der Waals surface area contributed by atoms with Gasteiger partial charge < -0.3 is 30.0 Å². The van der Waals surface area contributed by atoms with Gasteiger partial charge in [0.2, 0.25) is 14.2 Å². The molecule has 0 aliphatic heterocycles. The minimum atomic E-state index is -2.35. The predicted octanol–water partition coefficient (Wildman–Crippen LogP) is 7.73. The quantitative estimate of drug-likeness (QED) is 0.0791. The Hall–Kier alpha value is -3.60. The Bertz CT molecular complexity index is 1350. The lowest BCUT2D eigenvalue weighted by molar-refractivity contribution is -0.143. The number of hydrogen-bond donors (Lipinski definition) is 4. The van der Waals surface area contributed by atoms with Gasteiger partial charge in [-0.1, -0.05) is 64.3 Å². The van der Waals surface area contributed by atoms with E-state index >= 15 is 0 Å². The van der Waals surface area contributed by atoms with E-state index in [2.05, 4.69) is 77.1 Å². The molecule has 2 amide bonds. The number of aryl methyl sites for hydroxylation is 1. The van der Waals surface area contributed by atoms with Gasteiger partial charge in [0, 0.05) is 17.9 Å². The van der Waals surface area contributed by atoms with Gasteiger partial charge in [-0.15, -0.1) is 0 Å². The smallest absolute Gasteiger partial charge is 0.413 e. The number of nitrogens with one attached hydrogen (secondary N) is 2. The Balaban J connectivity index is 2.58. The van der Waals surface area contributed by atoms with Gasteiger partial charge in [0.15, 0.2) is 0 Å². The number of amides is 2. The van der Waals surface area contributed by atoms with Gasteiger partial charge in [0.25, 0.3) is 0 Å². The summed E-state index contributed by atoms with van der Waals surface area (Å²) in [4.78, 5) is 48.8. The number of rotatable bonds is 16. The number of carbonyl (C=O) groups is 4. The number of unbranched alkanes of at least 4 members (excludes halogenated alkanes) is 2. The van der Waals surface area contributed by atoms with Crippen LogP contribution in [-0.2, 0) is 20.8 Å². The maximum absolute atomic E-state index is 13.4. The van der Waals surface area contributed by atoms with Crippen molar-refractivity contribution >= 4 is 32.3 Å². The lowest BCUT2D eigenvalue weighted by Gasteiger charge is -2.39. The molecule has 0 fully saturated rings. The average Bonchev–Trinajstić information content (AvgIpc) is 2.93. The van der Waals surface area contributed by atoms with Crippen LogP contribution in [0.1, 0.15) is 110 Å². The topological polar surface area (TPSA) is 151 Å². The van der Waals surface area contributed by atoms with E-state index in [0.717, 1.165) is 55.2 Å². The SMILES string of the molecule is C=C(C)[C@@H]1CCC(C)=C[C@H]1c1c(OC(=O)N[C@@H](C)C(=O)N[C@@H](CCC(=O)O)C(=O)O)cc(CCCCC)cc1O[Si](C)(C)C(C)(C)C. The zero-order chi connectivity index (χ0) is 35.7. The molecule has 0 saturated carbocycles. The van der Waals surface area contributed by atoms with Crippen LogP contribution < -0.4 is 19.8 Å². The molecule has 4 N–H and O–H groups in total. The van der Waals surface area contributed by atoms with Crippen molar-refractivity contribution in [3.05, 3.63) is 47.1 Å². The lowest BCUT2D eigenvalue weighted by Crippen LogP contribution is -2.51. The number of aliphatic carboxylic acids is 2. The molecule has 1 aromatic rings. The van der Waals surface area contributed by atoms with Crippen LogP contribution in [0.15, 0.2) is 35.9 Å². The Morgan fingerprint density at radius 3 is 2.28 bits per heavy atom. The molecule has 0 spiro atoms. The molecule has 0 saturated heterocycles. The van der Waals surface area contributed by atoms with Crippen molar-refractivity contribution in [2.24, 2.45) is 5.92 Å². The fourth-order valence-corrected chi connectivity index (χ4v) is 6.43. The average molecular weight is 673 g/mol. The Morgan fingerprint density at radius 1 is 1.09 bits per heavy atom. The van der Waals surface area contributed by atoms with Crippen molar-refractivity contribution in [1.82, 2.24) is 10.6 Å². The number of carboxylic acid groups (broad SMARTS) is 2. The molecule has 1 aliphatic rings. The van der Waals surface area contributed by atoms with Crippen molar-refractivity contribution in [2.75, 3.05) is 0 Å². The highest BCUT2D eigenvalue weighted by molar-refractivity contribution is 6.74. The van der Waals surface area contributed by atoms with Gasteiger partial charge >= 0.3 is 18.0 Å². The number of ether oxygens (including phenoxy) is 1. The summed E-state index contributed by atoms with van der Waals surface area (Å²) in [5, 5.41) is 23.1. The first-order chi connectivity index (χ1) is 21.8. The van der Waals surface area contributed by atoms with Crippen molar-refractivity contribution in [2.45, 2.75) is 136 Å². The lowest BCUT2D eigenvalue weighted by atomic mass is 9.73. The first kappa shape index (κ1) is 39.6. The maximum atomic E-state index is 13.4. The van der Waals surface area contributed by atoms with E-state index < -0.39 is 50.8 Å². The van der Waals surface area contributed by atoms with Crippen LogP contribution >= 0.6 is 0 Å². The molecule has 0 unspecified atom stereocenters. The molecular formula is C36H56N2O8Si. The number of hydrogen-bond acceptors (Lipinski definition) is 6. The van der Waals surface area contributed by atoms with E-state index in [0.29, 0.717) is 11.5 Å². The largest absolute Gasteiger partial charge is 0.543 e. The molecular weight excluding hydrogens is 616 g/mol. The molecule has 4 atom stereocenters. The Kier molecular flexibility index (Phi) is 14.3. The minimum Gasteiger partial charge on any atom is -0.543 e. The molecule has 10 nitrogen and oxygen atoms in total. The maximum Gasteiger partial charge on any atom is 0.413 e. The van der Waals surface area contributed by atoms with Crippen LogP contribution in [0.3, 0.4) is 0 Å². The van der Waals surface area contributed by atoms with Crippen molar-refractivity contribution in [1.29, 1.82) is 0 Å². The summed E-state index contributed by atoms with van der Waals surface area (Å²) in [6.07, 6.45) is 6.30. The van der Waals surface area contributed by atoms with Crippen LogP contribution in [0.25, 0.3) is 0 Å². The monoisotopic (exact) mass is 672 g/mol. The fraction of sp³-hybridized carbons (Fsp3) is 0.611. The van der Waals surface area contributed by atoms with Crippen molar-refractivity contribution in [3.8, 4) is 11.5 Å². The van der Waals surface area contributed by atoms with Gasteiger partial charge in [0.1, 0.15) is 23.6 Å². The molecule has 0 radical (unpaired) electrons. The van der Waals surface area contributed by atoms with Crippen LogP contribution in [0.4, 0.5) is 4.79 Å². The molecule has 0 aromatic heterocycles. The highest BCUT2D eigenvalue weighted by atomic mass is 28.4. The van der Waals surface area contributed by atoms with Crippen molar-refractivity contribution in [3.63, 3.8) is 0 Å². The van der Waals surface area contributed by atoms with Crippen LogP contribution in [0, 0.1) is 5.92 Å². The van der Waals surface area contributed by atoms with Gasteiger partial charge in [-0.05, 0) is 94.6 Å². The van der Waals surface area contributed by atoms with E-state index in [9.17, 15) is 24.3 Å². The number of carbonyl (C=O) groups excluding carboxylic acids is 2. The Morgan fingerprint density at radius 2 is 1.72 bits per heavy atom. The van der Waals surface area contributed by atoms with Crippen LogP contribution in [0.5, 0.6) is 11.5 Å². The second kappa shape index (κ2) is 17.0. The predicted molar refractivity (Wildman–Crippen MR) is 187 cm³/mol. The summed E-state index contributed by atoms with van der Waals surface area (Å²) in [5.41, 5.74) is 4.01. The van der Waals surface area contributed by atoms with Gasteiger partial charge in [0.05, 0.1) is 0 Å². The Labute approximate surface area is 281 Å². The third-order valence-corrected chi connectivity index (χ3v) is 13.7. The second-order valence-corrected chi connectivity index (χ2v) is 19.2. The molecule has 0 heterocycles. The summed E-state index contributed by atoms with van der Waals surface area (Å²) >= 11 is 0. The molecule has 262 valence electrons. The summed E-state index contributed by atoms with van der Waals surface area (Å²) in [7, 11) is -2.35. The fourth-order valence-electron chi connectivity index (χ4n) is 5.40. The van der Waals surface area contributed by atoms with E-state index in [1.165, 1.54) is 12.5 Å². The molecule has 1 aromatic carbocycles. The standard InChI is InChI=1S/C36H56N2O8Si/c1-11-12-13-14-25-20-29(45-35(44)37-24(5)33(41)38-28(34(42)43)17-18-31(39)40)32(27-19-23(4)15-16-26(27)22(2)3)30(21-25)46-47(9,10)36(6,7)8/h19-21,24,26-28H,2,11-18H2,1,3-10H3,(H,37,44)(H,38,41)(H,39,40)(H,42,43)/t24-,26-,27+,28-/m0/s1. The molecule has 0 bridgehead atoms. The van der Waals surface area contributed by atoms with Crippen LogP contribution in [-0.4, -0.2) is 54.6 Å². The van der Waals surface area contributed by atoms with Gasteiger partial charge in [-0.2, -0.15) is 0 Å². The third kappa shape index (κ3) is 11.6. The summed E-state index contributed by atoms with van der Waals surface area (Å²) < 4.78 is 13.1. The van der Waals surface area contributed by atoms with E-state index in [4.69, 9.17) is 14.3 Å². The van der Waals surface area contributed by atoms with Crippen LogP contribution in [0.2, 0.25) is 18.1 Å². The zero-order valence-corrected chi connectivity index (χ0v) is 30.7. The third-order valence-electron chi connectivity index (χ3n) is 9.31. The van der Waals surface area contributed by atoms with Gasteiger partial charge in [-0.3, -0.25) is 9.59 Å². The van der Waals surface area contributed by atoms with E-state index in [1.807, 2.05) is 13.0 Å². The zero-order valence-electron chi connectivity index (χ0n) is 29.7. The first-order valence-corrected chi connectivity index (χ1v) is 19.6. The van der Waals surface area contributed by atoms with Crippen molar-refractivity contribution < 1.29 is 38.6 Å².